The first kappa shape index (κ1) is 11.1. The summed E-state index contributed by atoms with van der Waals surface area (Å²) in [5.41, 5.74) is 0. The fraction of sp³-hybridized carbons (Fsp3) is 0.750. The van der Waals surface area contributed by atoms with Crippen molar-refractivity contribution in [3.05, 3.63) is 0 Å². The molecule has 3 heteroatoms. The quantitative estimate of drug-likeness (QED) is 0.321. The van der Waals surface area contributed by atoms with E-state index >= 15 is 0 Å². The second-order valence-electron chi connectivity index (χ2n) is 1.11. The predicted molar refractivity (Wildman–Crippen MR) is 24.0 cm³/mol. The third-order valence-corrected chi connectivity index (χ3v) is 0.630. The van der Waals surface area contributed by atoms with E-state index in [1.807, 2.05) is 6.92 Å². The Labute approximate surface area is 93.0 Å². The van der Waals surface area contributed by atoms with Gasteiger partial charge in [-0.3, -0.25) is 0 Å². The maximum absolute atomic E-state index is 9.54. The molecule has 0 radical (unpaired) electrons. The molecule has 2 nitrogen and oxygen atoms in total. The van der Waals surface area contributed by atoms with Gasteiger partial charge in [-0.05, 0) is 13.6 Å². The molecule has 7 heavy (non-hydrogen) atoms. The smallest absolute Gasteiger partial charge is 0.520 e. The molecule has 0 bridgehead atoms. The summed E-state index contributed by atoms with van der Waals surface area (Å²) < 4.78 is 0. The van der Waals surface area contributed by atoms with Crippen molar-refractivity contribution < 1.29 is 63.0 Å². The van der Waals surface area contributed by atoms with Gasteiger partial charge in [-0.15, -0.1) is 0 Å². The Morgan fingerprint density at radius 1 is 1.71 bits per heavy atom. The molecule has 0 saturated heterocycles. The summed E-state index contributed by atoms with van der Waals surface area (Å²) in [6.45, 7) is 2.63. The summed E-state index contributed by atoms with van der Waals surface area (Å²) in [4.78, 5) is 11.0. The van der Waals surface area contributed by atoms with Gasteiger partial charge in [-0.1, -0.05) is 6.92 Å². The summed E-state index contributed by atoms with van der Waals surface area (Å²) in [5, 5.41) is 0. The van der Waals surface area contributed by atoms with E-state index in [-0.39, 0.29) is 58.2 Å². The SMILES string of the molecule is CCN(C)[C-]=O.[Rb+]. The number of carbonyl (C=O) groups excluding carboxylic acids is 1. The third-order valence-electron chi connectivity index (χ3n) is 0.630. The zero-order chi connectivity index (χ0) is 4.99. The van der Waals surface area contributed by atoms with Crippen molar-refractivity contribution >= 4 is 6.41 Å². The van der Waals surface area contributed by atoms with Crippen molar-refractivity contribution in [3.8, 4) is 0 Å². The molecule has 0 N–H and O–H groups in total. The van der Waals surface area contributed by atoms with Gasteiger partial charge in [-0.25, -0.2) is 0 Å². The van der Waals surface area contributed by atoms with Crippen LogP contribution in [-0.2, 0) is 4.79 Å². The van der Waals surface area contributed by atoms with Crippen LogP contribution in [0.3, 0.4) is 0 Å². The monoisotopic (exact) mass is 171 g/mol. The summed E-state index contributed by atoms with van der Waals surface area (Å²) in [7, 11) is 1.69. The Hall–Kier alpha value is 1.28. The number of amides is 1. The van der Waals surface area contributed by atoms with Crippen LogP contribution in [0.4, 0.5) is 0 Å². The molecule has 0 aromatic rings. The van der Waals surface area contributed by atoms with E-state index in [1.54, 1.807) is 13.5 Å². The van der Waals surface area contributed by atoms with Gasteiger partial charge in [0.1, 0.15) is 0 Å². The first-order chi connectivity index (χ1) is 2.81. The summed E-state index contributed by atoms with van der Waals surface area (Å²) in [6.07, 6.45) is 1.70. The molecule has 0 aliphatic heterocycles. The van der Waals surface area contributed by atoms with Gasteiger partial charge in [-0.2, -0.15) is 6.41 Å². The van der Waals surface area contributed by atoms with Crippen LogP contribution in [0.25, 0.3) is 0 Å². The molecule has 36 valence electrons. The molecular weight excluding hydrogens is 164 g/mol. The maximum atomic E-state index is 9.54. The van der Waals surface area contributed by atoms with E-state index in [2.05, 4.69) is 0 Å². The van der Waals surface area contributed by atoms with Gasteiger partial charge < -0.3 is 9.69 Å². The van der Waals surface area contributed by atoms with E-state index in [1.165, 1.54) is 4.90 Å². The number of hydrogen-bond donors (Lipinski definition) is 0. The van der Waals surface area contributed by atoms with Crippen molar-refractivity contribution in [2.45, 2.75) is 6.92 Å². The van der Waals surface area contributed by atoms with Gasteiger partial charge in [0.05, 0.1) is 0 Å². The zero-order valence-corrected chi connectivity index (χ0v) is 9.98. The second kappa shape index (κ2) is 7.28. The van der Waals surface area contributed by atoms with Crippen LogP contribution in [0.1, 0.15) is 6.92 Å². The molecule has 0 heterocycles. The Kier molecular flexibility index (Phi) is 11.6. The summed E-state index contributed by atoms with van der Waals surface area (Å²) in [6, 6.07) is 0. The molecule has 0 aromatic heterocycles. The van der Waals surface area contributed by atoms with Crippen LogP contribution < -0.4 is 58.2 Å². The van der Waals surface area contributed by atoms with E-state index in [4.69, 9.17) is 0 Å². The first-order valence-corrected chi connectivity index (χ1v) is 1.90. The van der Waals surface area contributed by atoms with Gasteiger partial charge in [0.15, 0.2) is 0 Å². The average molecular weight is 172 g/mol. The molecule has 1 amide bonds. The molecule has 0 fully saturated rings. The van der Waals surface area contributed by atoms with Crippen molar-refractivity contribution in [1.82, 2.24) is 4.90 Å². The van der Waals surface area contributed by atoms with Crippen molar-refractivity contribution in [1.29, 1.82) is 0 Å². The second-order valence-corrected chi connectivity index (χ2v) is 1.11. The van der Waals surface area contributed by atoms with E-state index in [9.17, 15) is 4.79 Å². The van der Waals surface area contributed by atoms with Crippen LogP contribution in [0.5, 0.6) is 0 Å². The Balaban J connectivity index is 0. The molecule has 0 atom stereocenters. The largest absolute Gasteiger partial charge is 1.00 e. The van der Waals surface area contributed by atoms with Crippen LogP contribution in [-0.4, -0.2) is 24.9 Å². The van der Waals surface area contributed by atoms with Crippen LogP contribution in [0.15, 0.2) is 0 Å². The van der Waals surface area contributed by atoms with Gasteiger partial charge in [0.2, 0.25) is 0 Å². The number of hydrogen-bond acceptors (Lipinski definition) is 1. The fourth-order valence-electron chi connectivity index (χ4n) is 0.0645. The normalized spacial score (nSPS) is 6.57. The molecule has 0 aliphatic carbocycles. The van der Waals surface area contributed by atoms with Crippen LogP contribution in [0.2, 0.25) is 0 Å². The average Bonchev–Trinajstić information content (AvgIpc) is 1.65. The summed E-state index contributed by atoms with van der Waals surface area (Å²) in [5.74, 6) is 0. The Morgan fingerprint density at radius 3 is 2.14 bits per heavy atom. The molecule has 0 rings (SSSR count). The van der Waals surface area contributed by atoms with Crippen LogP contribution >= 0.6 is 0 Å². The predicted octanol–water partition coefficient (Wildman–Crippen LogP) is -2.99. The molecular formula is C4H8NORb. The van der Waals surface area contributed by atoms with Crippen molar-refractivity contribution in [3.63, 3.8) is 0 Å². The minimum Gasteiger partial charge on any atom is -0.520 e. The van der Waals surface area contributed by atoms with Gasteiger partial charge in [0.25, 0.3) is 0 Å². The van der Waals surface area contributed by atoms with Crippen molar-refractivity contribution in [2.75, 3.05) is 13.6 Å². The molecule has 0 spiro atoms. The number of nitrogens with zero attached hydrogens (tertiary/aromatic N) is 1. The van der Waals surface area contributed by atoms with E-state index < -0.39 is 0 Å². The Bertz CT molecular complexity index is 49.0. The van der Waals surface area contributed by atoms with Gasteiger partial charge >= 0.3 is 58.2 Å². The summed E-state index contributed by atoms with van der Waals surface area (Å²) >= 11 is 0. The Morgan fingerprint density at radius 2 is 2.14 bits per heavy atom. The molecule has 0 aromatic carbocycles. The standard InChI is InChI=1S/C4H8NO.Rb/c1-3-5(2)4-6;/h3H2,1-2H3;/q-1;+1. The zero-order valence-electron chi connectivity index (χ0n) is 5.06. The third kappa shape index (κ3) is 7.28. The van der Waals surface area contributed by atoms with Crippen molar-refractivity contribution in [2.24, 2.45) is 0 Å². The fourth-order valence-corrected chi connectivity index (χ4v) is 0.0645. The minimum absolute atomic E-state index is 0. The topological polar surface area (TPSA) is 20.3 Å². The minimum atomic E-state index is 0. The molecule has 0 saturated carbocycles. The van der Waals surface area contributed by atoms with Crippen LogP contribution in [0, 0.1) is 0 Å². The number of rotatable bonds is 2. The molecule has 0 aliphatic rings. The van der Waals surface area contributed by atoms with Gasteiger partial charge in [0, 0.05) is 0 Å². The maximum Gasteiger partial charge on any atom is 1.00 e. The van der Waals surface area contributed by atoms with E-state index in [0.717, 1.165) is 6.54 Å². The molecule has 0 unspecified atom stereocenters. The van der Waals surface area contributed by atoms with E-state index in [0.29, 0.717) is 0 Å². The first-order valence-electron chi connectivity index (χ1n) is 1.90.